The van der Waals surface area contributed by atoms with Crippen molar-refractivity contribution in [2.45, 2.75) is 0 Å². The van der Waals surface area contributed by atoms with Gasteiger partial charge in [0.1, 0.15) is 0 Å². The largest absolute Gasteiger partial charge is 0.293 e. The Morgan fingerprint density at radius 2 is 1.03 bits per heavy atom. The second-order valence-corrected chi connectivity index (χ2v) is 9.28. The highest BCUT2D eigenvalue weighted by Gasteiger charge is 2.16. The zero-order valence-electron chi connectivity index (χ0n) is 20.2. The normalized spacial score (nSPS) is 11.7. The lowest BCUT2D eigenvalue weighted by atomic mass is 10.0. The lowest BCUT2D eigenvalue weighted by Gasteiger charge is -2.07. The van der Waals surface area contributed by atoms with Gasteiger partial charge >= 0.3 is 0 Å². The molecule has 0 aliphatic heterocycles. The van der Waals surface area contributed by atoms with Crippen molar-refractivity contribution in [1.82, 2.24) is 29.1 Å². The summed E-state index contributed by atoms with van der Waals surface area (Å²) in [6.45, 7) is 0. The van der Waals surface area contributed by atoms with E-state index < -0.39 is 0 Å². The van der Waals surface area contributed by atoms with Crippen LogP contribution in [-0.4, -0.2) is 29.1 Å². The van der Waals surface area contributed by atoms with Gasteiger partial charge in [0.2, 0.25) is 5.95 Å². The molecule has 0 atom stereocenters. The van der Waals surface area contributed by atoms with Crippen LogP contribution in [0.1, 0.15) is 0 Å². The second kappa shape index (κ2) is 8.08. The van der Waals surface area contributed by atoms with Gasteiger partial charge in [0.05, 0.1) is 28.3 Å². The highest BCUT2D eigenvalue weighted by Crippen LogP contribution is 2.37. The van der Waals surface area contributed by atoms with Crippen molar-refractivity contribution in [2.75, 3.05) is 0 Å². The SMILES string of the molecule is c1cnc(-n2c3ccccc3c3cc(-c4ccc5c(c4)c4ccccc4n5-c4cnccn4)ccc32)nc1. The van der Waals surface area contributed by atoms with Gasteiger partial charge in [-0.25, -0.2) is 15.0 Å². The Bertz CT molecular complexity index is 1970. The molecule has 0 amide bonds. The van der Waals surface area contributed by atoms with Crippen molar-refractivity contribution in [3.63, 3.8) is 0 Å². The van der Waals surface area contributed by atoms with Crippen LogP contribution in [0.25, 0.3) is 66.5 Å². The van der Waals surface area contributed by atoms with Crippen molar-refractivity contribution in [3.8, 4) is 22.9 Å². The van der Waals surface area contributed by atoms with E-state index in [2.05, 4.69) is 114 Å². The topological polar surface area (TPSA) is 61.4 Å². The molecule has 38 heavy (non-hydrogen) atoms. The van der Waals surface area contributed by atoms with E-state index in [0.717, 1.165) is 39.0 Å². The average Bonchev–Trinajstić information content (AvgIpc) is 3.50. The van der Waals surface area contributed by atoms with E-state index in [1.165, 1.54) is 21.5 Å². The Labute approximate surface area is 217 Å². The van der Waals surface area contributed by atoms with Crippen molar-refractivity contribution in [2.24, 2.45) is 0 Å². The molecule has 4 aromatic carbocycles. The third-order valence-electron chi connectivity index (χ3n) is 7.21. The lowest BCUT2D eigenvalue weighted by Crippen LogP contribution is -1.99. The molecule has 6 heteroatoms. The van der Waals surface area contributed by atoms with Gasteiger partial charge in [-0.1, -0.05) is 48.5 Å². The van der Waals surface area contributed by atoms with Crippen LogP contribution in [-0.2, 0) is 0 Å². The number of fused-ring (bicyclic) bond motifs is 6. The second-order valence-electron chi connectivity index (χ2n) is 9.28. The minimum absolute atomic E-state index is 0.671. The molecule has 0 spiro atoms. The third kappa shape index (κ3) is 3.01. The summed E-state index contributed by atoms with van der Waals surface area (Å²) in [7, 11) is 0. The van der Waals surface area contributed by atoms with E-state index in [1.807, 2.05) is 6.07 Å². The molecule has 6 nitrogen and oxygen atoms in total. The van der Waals surface area contributed by atoms with Crippen molar-refractivity contribution in [3.05, 3.63) is 122 Å². The molecule has 178 valence electrons. The molecule has 0 bridgehead atoms. The zero-order valence-corrected chi connectivity index (χ0v) is 20.2. The van der Waals surface area contributed by atoms with Crippen LogP contribution >= 0.6 is 0 Å². The monoisotopic (exact) mass is 488 g/mol. The maximum Gasteiger partial charge on any atom is 0.234 e. The highest BCUT2D eigenvalue weighted by molar-refractivity contribution is 6.12. The predicted octanol–water partition coefficient (Wildman–Crippen LogP) is 7.13. The first-order valence-corrected chi connectivity index (χ1v) is 12.5. The summed E-state index contributed by atoms with van der Waals surface area (Å²) in [5.74, 6) is 1.48. The molecule has 8 aromatic rings. The maximum absolute atomic E-state index is 4.58. The number of rotatable bonds is 3. The van der Waals surface area contributed by atoms with Crippen LogP contribution in [0.2, 0.25) is 0 Å². The molecule has 0 aliphatic rings. The van der Waals surface area contributed by atoms with Crippen LogP contribution in [0, 0.1) is 0 Å². The number of para-hydroxylation sites is 2. The van der Waals surface area contributed by atoms with Crippen LogP contribution in [0.4, 0.5) is 0 Å². The van der Waals surface area contributed by atoms with E-state index in [1.54, 1.807) is 31.0 Å². The number of aromatic nitrogens is 6. The van der Waals surface area contributed by atoms with Gasteiger partial charge < -0.3 is 0 Å². The minimum atomic E-state index is 0.671. The summed E-state index contributed by atoms with van der Waals surface area (Å²) < 4.78 is 4.31. The number of benzene rings is 4. The van der Waals surface area contributed by atoms with E-state index in [9.17, 15) is 0 Å². The summed E-state index contributed by atoms with van der Waals surface area (Å²) in [6, 6.07) is 32.0. The van der Waals surface area contributed by atoms with Gasteiger partial charge in [0.15, 0.2) is 5.82 Å². The van der Waals surface area contributed by atoms with Gasteiger partial charge in [-0.15, -0.1) is 0 Å². The maximum atomic E-state index is 4.58. The Kier molecular flexibility index (Phi) is 4.42. The Morgan fingerprint density at radius 3 is 1.66 bits per heavy atom. The molecular formula is C32H20N6. The molecule has 0 saturated heterocycles. The van der Waals surface area contributed by atoms with Gasteiger partial charge in [-0.2, -0.15) is 0 Å². The average molecular weight is 489 g/mol. The summed E-state index contributed by atoms with van der Waals surface area (Å²) in [5.41, 5.74) is 6.72. The third-order valence-corrected chi connectivity index (χ3v) is 7.21. The zero-order chi connectivity index (χ0) is 25.1. The first-order valence-electron chi connectivity index (χ1n) is 12.5. The molecule has 8 rings (SSSR count). The van der Waals surface area contributed by atoms with Gasteiger partial charge in [0.25, 0.3) is 0 Å². The first kappa shape index (κ1) is 20.8. The van der Waals surface area contributed by atoms with E-state index in [4.69, 9.17) is 0 Å². The van der Waals surface area contributed by atoms with E-state index >= 15 is 0 Å². The summed E-state index contributed by atoms with van der Waals surface area (Å²) >= 11 is 0. The minimum Gasteiger partial charge on any atom is -0.293 e. The van der Waals surface area contributed by atoms with Gasteiger partial charge in [-0.3, -0.25) is 14.1 Å². The fraction of sp³-hybridized carbons (Fsp3) is 0. The molecule has 0 aliphatic carbocycles. The molecular weight excluding hydrogens is 468 g/mol. The Balaban J connectivity index is 1.36. The number of nitrogens with zero attached hydrogens (tertiary/aromatic N) is 6. The molecule has 0 radical (unpaired) electrons. The first-order chi connectivity index (χ1) is 18.9. The number of hydrogen-bond acceptors (Lipinski definition) is 4. The Morgan fingerprint density at radius 1 is 0.447 bits per heavy atom. The quantitative estimate of drug-likeness (QED) is 0.265. The highest BCUT2D eigenvalue weighted by atomic mass is 15.1. The molecule has 0 N–H and O–H groups in total. The standard InChI is InChI=1S/C32H20N6/c1-3-8-27-23(6-1)25-18-21(10-12-29(25)37(27)31-20-33-16-17-34-31)22-11-13-30-26(19-22)24-7-2-4-9-28(24)38(30)32-35-14-5-15-36-32/h1-20H. The van der Waals surface area contributed by atoms with E-state index in [0.29, 0.717) is 5.95 Å². The van der Waals surface area contributed by atoms with Crippen LogP contribution in [0.3, 0.4) is 0 Å². The van der Waals surface area contributed by atoms with Gasteiger partial charge in [-0.05, 0) is 53.6 Å². The fourth-order valence-corrected chi connectivity index (χ4v) is 5.58. The molecule has 0 fully saturated rings. The summed E-state index contributed by atoms with van der Waals surface area (Å²) in [6.07, 6.45) is 8.80. The fourth-order valence-electron chi connectivity index (χ4n) is 5.58. The van der Waals surface area contributed by atoms with Crippen LogP contribution in [0.15, 0.2) is 122 Å². The summed E-state index contributed by atoms with van der Waals surface area (Å²) in [5, 5.41) is 4.72. The van der Waals surface area contributed by atoms with Gasteiger partial charge in [0, 0.05) is 46.3 Å². The molecule has 4 heterocycles. The van der Waals surface area contributed by atoms with E-state index in [-0.39, 0.29) is 0 Å². The van der Waals surface area contributed by atoms with Crippen molar-refractivity contribution >= 4 is 43.6 Å². The van der Waals surface area contributed by atoms with Crippen molar-refractivity contribution in [1.29, 1.82) is 0 Å². The van der Waals surface area contributed by atoms with Crippen LogP contribution < -0.4 is 0 Å². The lowest BCUT2D eigenvalue weighted by molar-refractivity contribution is 0.988. The predicted molar refractivity (Wildman–Crippen MR) is 152 cm³/mol. The molecule has 0 saturated carbocycles. The van der Waals surface area contributed by atoms with Crippen LogP contribution in [0.5, 0.6) is 0 Å². The smallest absolute Gasteiger partial charge is 0.234 e. The Hall–Kier alpha value is -5.36. The number of hydrogen-bond donors (Lipinski definition) is 0. The van der Waals surface area contributed by atoms with Crippen molar-refractivity contribution < 1.29 is 0 Å². The molecule has 4 aromatic heterocycles. The summed E-state index contributed by atoms with van der Waals surface area (Å²) in [4.78, 5) is 17.9. The molecule has 0 unspecified atom stereocenters.